The van der Waals surface area contributed by atoms with Crippen LogP contribution in [-0.4, -0.2) is 41.9 Å². The Labute approximate surface area is 121 Å². The summed E-state index contributed by atoms with van der Waals surface area (Å²) in [7, 11) is -4.01. The maximum Gasteiger partial charge on any atom is 0.313 e. The first-order valence-corrected chi connectivity index (χ1v) is 7.74. The fourth-order valence-electron chi connectivity index (χ4n) is 2.26. The molecule has 1 heterocycles. The predicted molar refractivity (Wildman–Crippen MR) is 74.9 cm³/mol. The molecule has 0 bridgehead atoms. The zero-order valence-electron chi connectivity index (χ0n) is 11.1. The number of hydrazine groups is 1. The minimum absolute atomic E-state index is 0.0712. The SMILES string of the molecule is NNc1cccc(S(=O)(=O)N2CCC(O)CC2)c1[N+](=O)[O-]. The van der Waals surface area contributed by atoms with Crippen LogP contribution in [0.15, 0.2) is 23.1 Å². The number of hydrogen-bond donors (Lipinski definition) is 3. The van der Waals surface area contributed by atoms with Crippen molar-refractivity contribution in [3.8, 4) is 0 Å². The van der Waals surface area contributed by atoms with E-state index in [1.807, 2.05) is 0 Å². The van der Waals surface area contributed by atoms with E-state index in [1.165, 1.54) is 18.2 Å². The summed E-state index contributed by atoms with van der Waals surface area (Å²) in [5.41, 5.74) is 1.49. The van der Waals surface area contributed by atoms with Gasteiger partial charge >= 0.3 is 5.69 Å². The van der Waals surface area contributed by atoms with E-state index < -0.39 is 31.6 Å². The van der Waals surface area contributed by atoms with E-state index in [-0.39, 0.29) is 18.8 Å². The fraction of sp³-hybridized carbons (Fsp3) is 0.455. The number of hydrogen-bond acceptors (Lipinski definition) is 7. The molecule has 21 heavy (non-hydrogen) atoms. The molecule has 1 fully saturated rings. The number of para-hydroxylation sites is 1. The lowest BCUT2D eigenvalue weighted by Gasteiger charge is -2.28. The Balaban J connectivity index is 2.47. The topological polar surface area (TPSA) is 139 Å². The summed E-state index contributed by atoms with van der Waals surface area (Å²) in [6, 6.07) is 3.89. The molecule has 0 amide bonds. The monoisotopic (exact) mass is 316 g/mol. The third-order valence-corrected chi connectivity index (χ3v) is 5.31. The molecule has 1 aliphatic heterocycles. The van der Waals surface area contributed by atoms with E-state index in [1.54, 1.807) is 0 Å². The molecule has 1 aromatic rings. The number of aliphatic hydroxyl groups excluding tert-OH is 1. The van der Waals surface area contributed by atoms with Crippen LogP contribution in [0.4, 0.5) is 11.4 Å². The maximum absolute atomic E-state index is 12.6. The lowest BCUT2D eigenvalue weighted by Crippen LogP contribution is -2.40. The summed E-state index contributed by atoms with van der Waals surface area (Å²) in [6.07, 6.45) is 0.0764. The van der Waals surface area contributed by atoms with Crippen LogP contribution in [0.1, 0.15) is 12.8 Å². The van der Waals surface area contributed by atoms with Gasteiger partial charge in [-0.05, 0) is 25.0 Å². The maximum atomic E-state index is 12.6. The number of nitrogen functional groups attached to an aromatic ring is 1. The first-order chi connectivity index (χ1) is 9.87. The molecule has 10 heteroatoms. The van der Waals surface area contributed by atoms with Gasteiger partial charge in [0.05, 0.1) is 11.0 Å². The van der Waals surface area contributed by atoms with Crippen LogP contribution in [0.5, 0.6) is 0 Å². The van der Waals surface area contributed by atoms with E-state index in [0.29, 0.717) is 12.8 Å². The van der Waals surface area contributed by atoms with Gasteiger partial charge in [0.1, 0.15) is 5.69 Å². The van der Waals surface area contributed by atoms with Gasteiger partial charge in [-0.25, -0.2) is 8.42 Å². The quantitative estimate of drug-likeness (QED) is 0.404. The van der Waals surface area contributed by atoms with E-state index in [9.17, 15) is 23.6 Å². The van der Waals surface area contributed by atoms with Crippen LogP contribution in [-0.2, 0) is 10.0 Å². The zero-order valence-corrected chi connectivity index (χ0v) is 11.9. The van der Waals surface area contributed by atoms with Crippen LogP contribution in [0.25, 0.3) is 0 Å². The predicted octanol–water partition coefficient (Wildman–Crippen LogP) is 0.0258. The van der Waals surface area contributed by atoms with Crippen LogP contribution < -0.4 is 11.3 Å². The van der Waals surface area contributed by atoms with Crippen molar-refractivity contribution in [2.24, 2.45) is 5.84 Å². The molecule has 1 aliphatic rings. The molecule has 9 nitrogen and oxygen atoms in total. The second kappa shape index (κ2) is 5.93. The number of anilines is 1. The van der Waals surface area contributed by atoms with Gasteiger partial charge in [-0.3, -0.25) is 16.0 Å². The normalized spacial score (nSPS) is 17.6. The van der Waals surface area contributed by atoms with Crippen LogP contribution in [0.2, 0.25) is 0 Å². The van der Waals surface area contributed by atoms with E-state index in [0.717, 1.165) is 4.31 Å². The smallest absolute Gasteiger partial charge is 0.313 e. The minimum Gasteiger partial charge on any atom is -0.393 e. The van der Waals surface area contributed by atoms with E-state index >= 15 is 0 Å². The van der Waals surface area contributed by atoms with Gasteiger partial charge in [0, 0.05) is 13.1 Å². The first kappa shape index (κ1) is 15.6. The van der Waals surface area contributed by atoms with Crippen LogP contribution in [0.3, 0.4) is 0 Å². The number of benzene rings is 1. The second-order valence-corrected chi connectivity index (χ2v) is 6.60. The highest BCUT2D eigenvalue weighted by Gasteiger charge is 2.35. The zero-order chi connectivity index (χ0) is 15.6. The van der Waals surface area contributed by atoms with Gasteiger partial charge in [0.2, 0.25) is 10.0 Å². The van der Waals surface area contributed by atoms with Gasteiger partial charge in [-0.1, -0.05) is 6.07 Å². The minimum atomic E-state index is -4.01. The molecule has 1 saturated heterocycles. The molecular weight excluding hydrogens is 300 g/mol. The van der Waals surface area contributed by atoms with Gasteiger partial charge in [0.15, 0.2) is 4.90 Å². The molecule has 2 rings (SSSR count). The molecule has 0 saturated carbocycles. The number of nitrogens with two attached hydrogens (primary N) is 1. The van der Waals surface area contributed by atoms with E-state index in [2.05, 4.69) is 5.43 Å². The number of nitro groups is 1. The summed E-state index contributed by atoms with van der Waals surface area (Å²) < 4.78 is 26.3. The third kappa shape index (κ3) is 2.97. The van der Waals surface area contributed by atoms with Crippen LogP contribution >= 0.6 is 0 Å². The number of nitrogens with zero attached hydrogens (tertiary/aromatic N) is 2. The number of sulfonamides is 1. The molecule has 0 radical (unpaired) electrons. The lowest BCUT2D eigenvalue weighted by molar-refractivity contribution is -0.386. The summed E-state index contributed by atoms with van der Waals surface area (Å²) in [5.74, 6) is 5.20. The molecule has 0 unspecified atom stereocenters. The Hall–Kier alpha value is -1.75. The van der Waals surface area contributed by atoms with Crippen molar-refractivity contribution in [3.05, 3.63) is 28.3 Å². The molecular formula is C11H16N4O5S. The molecule has 0 spiro atoms. The number of aliphatic hydroxyl groups is 1. The van der Waals surface area contributed by atoms with Crippen molar-refractivity contribution in [3.63, 3.8) is 0 Å². The van der Waals surface area contributed by atoms with Crippen molar-refractivity contribution in [1.82, 2.24) is 4.31 Å². The Morgan fingerprint density at radius 3 is 2.52 bits per heavy atom. The standard InChI is InChI=1S/C11H16N4O5S/c12-13-9-2-1-3-10(11(9)15(17)18)21(19,20)14-6-4-8(16)5-7-14/h1-3,8,13,16H,4-7,12H2. The summed E-state index contributed by atoms with van der Waals surface area (Å²) in [4.78, 5) is 9.99. The fourth-order valence-corrected chi connectivity index (χ4v) is 3.91. The largest absolute Gasteiger partial charge is 0.393 e. The van der Waals surface area contributed by atoms with Crippen molar-refractivity contribution >= 4 is 21.4 Å². The summed E-state index contributed by atoms with van der Waals surface area (Å²) in [5, 5.41) is 20.6. The van der Waals surface area contributed by atoms with Crippen molar-refractivity contribution in [1.29, 1.82) is 0 Å². The number of nitrogens with one attached hydrogen (secondary N) is 1. The van der Waals surface area contributed by atoms with Crippen molar-refractivity contribution in [2.75, 3.05) is 18.5 Å². The highest BCUT2D eigenvalue weighted by atomic mass is 32.2. The highest BCUT2D eigenvalue weighted by molar-refractivity contribution is 7.89. The highest BCUT2D eigenvalue weighted by Crippen LogP contribution is 2.34. The van der Waals surface area contributed by atoms with Gasteiger partial charge in [0.25, 0.3) is 0 Å². The average molecular weight is 316 g/mol. The average Bonchev–Trinajstić information content (AvgIpc) is 2.46. The molecule has 1 aromatic carbocycles. The van der Waals surface area contributed by atoms with Gasteiger partial charge in [-0.2, -0.15) is 4.31 Å². The Bertz CT molecular complexity index is 640. The molecule has 116 valence electrons. The molecule has 0 aromatic heterocycles. The Kier molecular flexibility index (Phi) is 4.42. The molecule has 4 N–H and O–H groups in total. The van der Waals surface area contributed by atoms with Crippen molar-refractivity contribution in [2.45, 2.75) is 23.8 Å². The van der Waals surface area contributed by atoms with Gasteiger partial charge < -0.3 is 10.5 Å². The third-order valence-electron chi connectivity index (χ3n) is 3.38. The summed E-state index contributed by atoms with van der Waals surface area (Å²) in [6.45, 7) is 0.252. The lowest BCUT2D eigenvalue weighted by atomic mass is 10.1. The van der Waals surface area contributed by atoms with E-state index in [4.69, 9.17) is 5.84 Å². The molecule has 0 aliphatic carbocycles. The summed E-state index contributed by atoms with van der Waals surface area (Å²) >= 11 is 0. The Morgan fingerprint density at radius 2 is 2.00 bits per heavy atom. The number of rotatable bonds is 4. The van der Waals surface area contributed by atoms with Gasteiger partial charge in [-0.15, -0.1) is 0 Å². The first-order valence-electron chi connectivity index (χ1n) is 6.30. The van der Waals surface area contributed by atoms with Crippen molar-refractivity contribution < 1.29 is 18.4 Å². The second-order valence-electron chi connectivity index (χ2n) is 4.69. The van der Waals surface area contributed by atoms with Crippen LogP contribution in [0, 0.1) is 10.1 Å². The number of nitro benzene ring substituents is 1. The molecule has 0 atom stereocenters. The number of piperidine rings is 1. The Morgan fingerprint density at radius 1 is 1.38 bits per heavy atom.